The molecule has 98 valence electrons. The number of alkyl halides is 6. The van der Waals surface area contributed by atoms with Crippen molar-refractivity contribution in [2.45, 2.75) is 12.4 Å². The van der Waals surface area contributed by atoms with Crippen LogP contribution in [0, 0.1) is 5.21 Å². The Morgan fingerprint density at radius 2 is 1.72 bits per heavy atom. The molecule has 2 heterocycles. The van der Waals surface area contributed by atoms with E-state index in [9.17, 15) is 31.5 Å². The number of hydrogen-bond donors (Lipinski definition) is 0. The fraction of sp³-hybridized carbons (Fsp3) is 0.286. The van der Waals surface area contributed by atoms with Gasteiger partial charge in [-0.15, -0.1) is 0 Å². The summed E-state index contributed by atoms with van der Waals surface area (Å²) in [5, 5.41) is 13.6. The van der Waals surface area contributed by atoms with Gasteiger partial charge in [-0.2, -0.15) is 31.3 Å². The third-order valence-electron chi connectivity index (χ3n) is 1.95. The Kier molecular flexibility index (Phi) is 2.38. The Morgan fingerprint density at radius 1 is 1.11 bits per heavy atom. The Bertz CT molecular complexity index is 601. The number of aromatic nitrogens is 3. The number of halogens is 6. The van der Waals surface area contributed by atoms with Gasteiger partial charge in [-0.1, -0.05) is 0 Å². The molecule has 0 saturated heterocycles. The van der Waals surface area contributed by atoms with E-state index in [1.807, 2.05) is 0 Å². The first-order chi connectivity index (χ1) is 8.10. The van der Waals surface area contributed by atoms with Gasteiger partial charge in [0.1, 0.15) is 11.3 Å². The van der Waals surface area contributed by atoms with Gasteiger partial charge >= 0.3 is 18.0 Å². The molecule has 18 heavy (non-hydrogen) atoms. The molecule has 2 aromatic heterocycles. The first-order valence-electron chi connectivity index (χ1n) is 4.15. The lowest BCUT2D eigenvalue weighted by Crippen LogP contribution is -2.26. The third kappa shape index (κ3) is 1.91. The zero-order valence-electron chi connectivity index (χ0n) is 8.00. The van der Waals surface area contributed by atoms with Gasteiger partial charge in [-0.05, 0) is 11.0 Å². The van der Waals surface area contributed by atoms with E-state index in [0.29, 0.717) is 0 Å². The van der Waals surface area contributed by atoms with Crippen LogP contribution >= 0.6 is 0 Å². The van der Waals surface area contributed by atoms with Crippen LogP contribution in [0.4, 0.5) is 26.3 Å². The molecule has 0 aliphatic heterocycles. The topological polar surface area (TPSA) is 65.9 Å². The smallest absolute Gasteiger partial charge is 0.359 e. The summed E-state index contributed by atoms with van der Waals surface area (Å²) in [6.45, 7) is 0. The number of fused-ring (bicyclic) bond motifs is 1. The summed E-state index contributed by atoms with van der Waals surface area (Å²) in [5.74, 6) is 0. The van der Waals surface area contributed by atoms with Crippen molar-refractivity contribution in [1.29, 1.82) is 0 Å². The van der Waals surface area contributed by atoms with Crippen molar-refractivity contribution in [2.24, 2.45) is 0 Å². The van der Waals surface area contributed by atoms with E-state index in [1.54, 1.807) is 0 Å². The summed E-state index contributed by atoms with van der Waals surface area (Å²) in [5.41, 5.74) is -5.88. The van der Waals surface area contributed by atoms with Crippen LogP contribution in [-0.2, 0) is 12.4 Å². The van der Waals surface area contributed by atoms with E-state index in [-0.39, 0.29) is 6.07 Å². The highest BCUT2D eigenvalue weighted by atomic mass is 19.4. The van der Waals surface area contributed by atoms with E-state index in [4.69, 9.17) is 0 Å². The first-order valence-corrected chi connectivity index (χ1v) is 4.15. The van der Waals surface area contributed by atoms with Crippen LogP contribution in [0.15, 0.2) is 10.7 Å². The summed E-state index contributed by atoms with van der Waals surface area (Å²) >= 11 is 0. The van der Waals surface area contributed by atoms with Gasteiger partial charge in [0.2, 0.25) is 0 Å². The van der Waals surface area contributed by atoms with Crippen LogP contribution in [0.2, 0.25) is 0 Å². The molecule has 0 N–H and O–H groups in total. The second-order valence-corrected chi connectivity index (χ2v) is 3.15. The highest BCUT2D eigenvalue weighted by Crippen LogP contribution is 2.36. The molecule has 0 atom stereocenters. The van der Waals surface area contributed by atoms with Crippen molar-refractivity contribution in [3.8, 4) is 0 Å². The molecule has 0 aromatic carbocycles. The van der Waals surface area contributed by atoms with Gasteiger partial charge in [-0.25, -0.2) is 0 Å². The highest BCUT2D eigenvalue weighted by Gasteiger charge is 2.42. The molecule has 0 radical (unpaired) electrons. The molecule has 0 amide bonds. The molecule has 0 unspecified atom stereocenters. The molecule has 11 heteroatoms. The van der Waals surface area contributed by atoms with Gasteiger partial charge in [0, 0.05) is 0 Å². The minimum Gasteiger partial charge on any atom is -0.359 e. The summed E-state index contributed by atoms with van der Waals surface area (Å²) in [7, 11) is 0. The highest BCUT2D eigenvalue weighted by molar-refractivity contribution is 5.71. The van der Waals surface area contributed by atoms with Crippen molar-refractivity contribution in [3.63, 3.8) is 0 Å². The van der Waals surface area contributed by atoms with Crippen LogP contribution in [0.1, 0.15) is 11.3 Å². The Hall–Kier alpha value is -2.07. The Labute approximate surface area is 93.2 Å². The second kappa shape index (κ2) is 3.46. The third-order valence-corrected chi connectivity index (χ3v) is 1.95. The molecule has 0 spiro atoms. The number of hydrogen-bond acceptors (Lipinski definition) is 4. The molecule has 0 saturated carbocycles. The van der Waals surface area contributed by atoms with Gasteiger partial charge < -0.3 is 5.21 Å². The van der Waals surface area contributed by atoms with Gasteiger partial charge in [0.25, 0.3) is 5.52 Å². The molecule has 2 aromatic rings. The summed E-state index contributed by atoms with van der Waals surface area (Å²) in [6, 6.07) is -0.270. The molecule has 0 aliphatic rings. The lowest BCUT2D eigenvalue weighted by molar-refractivity contribution is -0.782. The van der Waals surface area contributed by atoms with Crippen molar-refractivity contribution < 1.29 is 35.9 Å². The molecule has 0 aliphatic carbocycles. The Balaban J connectivity index is 2.83. The van der Waals surface area contributed by atoms with Crippen molar-refractivity contribution >= 4 is 11.2 Å². The largest absolute Gasteiger partial charge is 0.433 e. The maximum Gasteiger partial charge on any atom is 0.433 e. The van der Waals surface area contributed by atoms with Crippen LogP contribution in [0.3, 0.4) is 0 Å². The fourth-order valence-corrected chi connectivity index (χ4v) is 1.25. The number of nitrogens with zero attached hydrogens (tertiary/aromatic N) is 3. The standard InChI is InChI=1S/C7HF6N3O2/c8-6(9,10)2-1-3(7(11,12)13)14-5-4(2)16(17)18-15-5/h1H. The van der Waals surface area contributed by atoms with Crippen LogP contribution in [0.25, 0.3) is 11.2 Å². The maximum atomic E-state index is 12.5. The van der Waals surface area contributed by atoms with Crippen LogP contribution in [-0.4, -0.2) is 10.1 Å². The first kappa shape index (κ1) is 12.4. The predicted octanol–water partition coefficient (Wildman–Crippen LogP) is 1.89. The summed E-state index contributed by atoms with van der Waals surface area (Å²) in [4.78, 5) is 2.14. The van der Waals surface area contributed by atoms with E-state index < -0.39 is 39.7 Å². The van der Waals surface area contributed by atoms with Gasteiger partial charge in [-0.3, -0.25) is 4.63 Å². The maximum absolute atomic E-state index is 12.5. The molecular formula is C7HF6N3O2. The lowest BCUT2D eigenvalue weighted by atomic mass is 10.2. The molecule has 0 fully saturated rings. The van der Waals surface area contributed by atoms with Crippen LogP contribution in [0.5, 0.6) is 0 Å². The number of rotatable bonds is 0. The minimum absolute atomic E-state index is 0.270. The molecular weight excluding hydrogens is 272 g/mol. The predicted molar refractivity (Wildman–Crippen MR) is 40.8 cm³/mol. The van der Waals surface area contributed by atoms with E-state index in [0.717, 1.165) is 0 Å². The van der Waals surface area contributed by atoms with Crippen molar-refractivity contribution in [3.05, 3.63) is 22.5 Å². The minimum atomic E-state index is -5.17. The van der Waals surface area contributed by atoms with Crippen molar-refractivity contribution in [1.82, 2.24) is 10.1 Å². The van der Waals surface area contributed by atoms with Gasteiger partial charge in [0.05, 0.1) is 5.16 Å². The van der Waals surface area contributed by atoms with Gasteiger partial charge in [0.15, 0.2) is 0 Å². The average Bonchev–Trinajstić information content (AvgIpc) is 2.56. The molecule has 5 nitrogen and oxygen atoms in total. The zero-order chi connectivity index (χ0) is 13.7. The Morgan fingerprint density at radius 3 is 2.22 bits per heavy atom. The van der Waals surface area contributed by atoms with E-state index in [2.05, 4.69) is 14.8 Å². The quantitative estimate of drug-likeness (QED) is 0.543. The fourth-order valence-electron chi connectivity index (χ4n) is 1.25. The number of pyridine rings is 1. The molecule has 2 rings (SSSR count). The summed E-state index contributed by atoms with van der Waals surface area (Å²) < 4.78 is 78.3. The second-order valence-electron chi connectivity index (χ2n) is 3.15. The lowest BCUT2D eigenvalue weighted by Gasteiger charge is -2.09. The molecule has 0 bridgehead atoms. The van der Waals surface area contributed by atoms with Crippen molar-refractivity contribution in [2.75, 3.05) is 0 Å². The van der Waals surface area contributed by atoms with E-state index in [1.165, 1.54) is 0 Å². The zero-order valence-corrected chi connectivity index (χ0v) is 8.00. The van der Waals surface area contributed by atoms with E-state index >= 15 is 0 Å². The SMILES string of the molecule is [O-][n+]1onc2nc(C(F)(F)F)cc(C(F)(F)F)c21. The average molecular weight is 273 g/mol. The monoisotopic (exact) mass is 273 g/mol. The normalized spacial score (nSPS) is 13.2. The summed E-state index contributed by atoms with van der Waals surface area (Å²) in [6.07, 6.45) is -10.3. The van der Waals surface area contributed by atoms with Crippen LogP contribution < -0.4 is 4.90 Å².